The van der Waals surface area contributed by atoms with Gasteiger partial charge in [0.15, 0.2) is 11.6 Å². The molecule has 0 aliphatic rings. The van der Waals surface area contributed by atoms with Crippen molar-refractivity contribution in [1.82, 2.24) is 40.3 Å². The highest BCUT2D eigenvalue weighted by molar-refractivity contribution is 5.89. The van der Waals surface area contributed by atoms with Crippen LogP contribution in [0.4, 0.5) is 16.3 Å². The summed E-state index contributed by atoms with van der Waals surface area (Å²) in [5.74, 6) is 0.512. The summed E-state index contributed by atoms with van der Waals surface area (Å²) in [6.45, 7) is 1.97. The van der Waals surface area contributed by atoms with Crippen LogP contribution in [0.3, 0.4) is 0 Å². The quantitative estimate of drug-likeness (QED) is 0.172. The number of halogens is 1. The predicted molar refractivity (Wildman–Crippen MR) is 153 cm³/mol. The number of nitrogens with one attached hydrogen (secondary N) is 4. The van der Waals surface area contributed by atoms with Crippen LogP contribution in [0, 0.1) is 11.7 Å². The van der Waals surface area contributed by atoms with Crippen LogP contribution in [0.15, 0.2) is 67.0 Å². The molecule has 2 amide bonds. The van der Waals surface area contributed by atoms with Crippen LogP contribution in [0.5, 0.6) is 0 Å². The smallest absolute Gasteiger partial charge is 0.228 e. The molecule has 5 rings (SSSR count). The van der Waals surface area contributed by atoms with E-state index in [4.69, 9.17) is 0 Å². The van der Waals surface area contributed by atoms with Crippen LogP contribution in [0.25, 0.3) is 23.0 Å². The van der Waals surface area contributed by atoms with E-state index in [0.29, 0.717) is 47.0 Å². The third-order valence-electron chi connectivity index (χ3n) is 6.52. The second-order valence-corrected chi connectivity index (χ2v) is 9.81. The second-order valence-electron chi connectivity index (χ2n) is 9.81. The molecule has 214 valence electrons. The lowest BCUT2D eigenvalue weighted by Gasteiger charge is -2.13. The van der Waals surface area contributed by atoms with Crippen LogP contribution < -0.4 is 10.6 Å². The molecule has 1 aromatic carbocycles. The molecular formula is C29H29FN10O2. The third kappa shape index (κ3) is 7.44. The molecule has 1 unspecified atom stereocenters. The molecule has 4 N–H and O–H groups in total. The normalized spacial score (nSPS) is 11.7. The first kappa shape index (κ1) is 28.2. The van der Waals surface area contributed by atoms with Gasteiger partial charge in [0.05, 0.1) is 0 Å². The third-order valence-corrected chi connectivity index (χ3v) is 6.52. The first-order valence-electron chi connectivity index (χ1n) is 13.5. The van der Waals surface area contributed by atoms with E-state index in [9.17, 15) is 9.59 Å². The summed E-state index contributed by atoms with van der Waals surface area (Å²) < 4.78 is 15.3. The maximum absolute atomic E-state index is 15.3. The second kappa shape index (κ2) is 13.4. The number of H-pyrrole nitrogens is 2. The molecule has 12 nitrogen and oxygen atoms in total. The number of aromatic amines is 2. The number of hydrogen-bond donors (Lipinski definition) is 4. The Balaban J connectivity index is 1.07. The number of hydrogen-bond acceptors (Lipinski definition) is 8. The highest BCUT2D eigenvalue weighted by atomic mass is 19.1. The van der Waals surface area contributed by atoms with Gasteiger partial charge in [-0.3, -0.25) is 30.2 Å². The van der Waals surface area contributed by atoms with Gasteiger partial charge in [-0.2, -0.15) is 0 Å². The van der Waals surface area contributed by atoms with Crippen LogP contribution in [0.1, 0.15) is 37.3 Å². The maximum Gasteiger partial charge on any atom is 0.228 e. The molecule has 0 saturated heterocycles. The van der Waals surface area contributed by atoms with Gasteiger partial charge in [-0.15, -0.1) is 20.4 Å². The minimum absolute atomic E-state index is 0.0438. The number of nitrogens with zero attached hydrogens (tertiary/aromatic N) is 6. The number of carbonyl (C=O) groups excluding carboxylic acids is 2. The Hall–Kier alpha value is -5.33. The lowest BCUT2D eigenvalue weighted by molar-refractivity contribution is -0.117. The highest BCUT2D eigenvalue weighted by Crippen LogP contribution is 2.21. The molecule has 0 saturated carbocycles. The minimum atomic E-state index is -0.331. The topological polar surface area (TPSA) is 167 Å². The molecule has 13 heteroatoms. The monoisotopic (exact) mass is 568 g/mol. The summed E-state index contributed by atoms with van der Waals surface area (Å²) in [5.41, 5.74) is 2.22. The molecule has 0 fully saturated rings. The number of pyridine rings is 2. The van der Waals surface area contributed by atoms with Gasteiger partial charge in [-0.05, 0) is 60.6 Å². The summed E-state index contributed by atoms with van der Waals surface area (Å²) in [7, 11) is 0. The summed E-state index contributed by atoms with van der Waals surface area (Å²) in [6, 6.07) is 16.0. The SMILES string of the molecule is CC(CCC(=O)Nc1nnc(-c2ccccn2)[nH]1)Cc1cccc(CCC(=O)Nc2nnc(-c3ccccn3)[nH]2)c1F. The average Bonchev–Trinajstić information content (AvgIpc) is 3.67. The number of amides is 2. The van der Waals surface area contributed by atoms with E-state index < -0.39 is 0 Å². The zero-order chi connectivity index (χ0) is 29.3. The standard InChI is InChI=1S/C29H29FN10O2/c1-18(11-13-23(41)33-28-35-26(37-39-28)21-9-2-4-15-31-21)17-20-8-6-7-19(25(20)30)12-14-24(42)34-29-36-27(38-40-29)22-10-3-5-16-32-22/h2-10,15-16,18H,11-14,17H2,1H3,(H2,33,35,37,39,41)(H2,34,36,38,40,42). The zero-order valence-corrected chi connectivity index (χ0v) is 22.8. The van der Waals surface area contributed by atoms with Crippen molar-refractivity contribution in [1.29, 1.82) is 0 Å². The number of benzene rings is 1. The summed E-state index contributed by atoms with van der Waals surface area (Å²) in [6.07, 6.45) is 4.83. The van der Waals surface area contributed by atoms with Crippen molar-refractivity contribution in [2.75, 3.05) is 10.6 Å². The molecule has 0 spiro atoms. The fourth-order valence-corrected chi connectivity index (χ4v) is 4.35. The average molecular weight is 569 g/mol. The van der Waals surface area contributed by atoms with Crippen LogP contribution >= 0.6 is 0 Å². The molecule has 4 heterocycles. The van der Waals surface area contributed by atoms with E-state index >= 15 is 4.39 Å². The zero-order valence-electron chi connectivity index (χ0n) is 22.8. The van der Waals surface area contributed by atoms with Gasteiger partial charge in [0.25, 0.3) is 0 Å². The fourth-order valence-electron chi connectivity index (χ4n) is 4.35. The van der Waals surface area contributed by atoms with Crippen molar-refractivity contribution < 1.29 is 14.0 Å². The molecule has 0 aliphatic carbocycles. The number of aryl methyl sites for hydroxylation is 1. The lowest BCUT2D eigenvalue weighted by Crippen LogP contribution is -2.15. The van der Waals surface area contributed by atoms with Crippen LogP contribution in [0.2, 0.25) is 0 Å². The van der Waals surface area contributed by atoms with E-state index in [2.05, 4.69) is 51.0 Å². The Bertz CT molecular complexity index is 1640. The fraction of sp³-hybridized carbons (Fsp3) is 0.241. The van der Waals surface area contributed by atoms with Gasteiger partial charge < -0.3 is 9.97 Å². The van der Waals surface area contributed by atoms with Crippen molar-refractivity contribution in [3.8, 4) is 23.0 Å². The van der Waals surface area contributed by atoms with E-state index in [1.807, 2.05) is 19.1 Å². The first-order chi connectivity index (χ1) is 20.4. The Labute approximate surface area is 240 Å². The highest BCUT2D eigenvalue weighted by Gasteiger charge is 2.16. The molecule has 42 heavy (non-hydrogen) atoms. The van der Waals surface area contributed by atoms with Crippen molar-refractivity contribution in [2.24, 2.45) is 5.92 Å². The van der Waals surface area contributed by atoms with Crippen LogP contribution in [-0.2, 0) is 22.4 Å². The van der Waals surface area contributed by atoms with Crippen molar-refractivity contribution in [3.63, 3.8) is 0 Å². The maximum atomic E-state index is 15.3. The van der Waals surface area contributed by atoms with Crippen molar-refractivity contribution in [3.05, 3.63) is 83.9 Å². The summed E-state index contributed by atoms with van der Waals surface area (Å²) in [4.78, 5) is 39.2. The molecule has 0 radical (unpaired) electrons. The molecular weight excluding hydrogens is 539 g/mol. The van der Waals surface area contributed by atoms with E-state index in [1.54, 1.807) is 54.9 Å². The molecule has 4 aromatic heterocycles. The van der Waals surface area contributed by atoms with Gasteiger partial charge >= 0.3 is 0 Å². The lowest BCUT2D eigenvalue weighted by atomic mass is 9.94. The van der Waals surface area contributed by atoms with Gasteiger partial charge in [0, 0.05) is 25.2 Å². The van der Waals surface area contributed by atoms with Gasteiger partial charge in [0.1, 0.15) is 17.2 Å². The van der Waals surface area contributed by atoms with Crippen LogP contribution in [-0.4, -0.2) is 52.1 Å². The van der Waals surface area contributed by atoms with E-state index in [0.717, 1.165) is 0 Å². The van der Waals surface area contributed by atoms with Gasteiger partial charge in [-0.1, -0.05) is 37.3 Å². The summed E-state index contributed by atoms with van der Waals surface area (Å²) >= 11 is 0. The molecule has 5 aromatic rings. The number of aromatic nitrogens is 8. The largest absolute Gasteiger partial charge is 0.306 e. The molecule has 1 atom stereocenters. The van der Waals surface area contributed by atoms with Gasteiger partial charge in [0.2, 0.25) is 23.7 Å². The van der Waals surface area contributed by atoms with Crippen molar-refractivity contribution >= 4 is 23.7 Å². The van der Waals surface area contributed by atoms with E-state index in [-0.39, 0.29) is 54.7 Å². The van der Waals surface area contributed by atoms with Gasteiger partial charge in [-0.25, -0.2) is 4.39 Å². The Morgan fingerprint density at radius 3 is 1.90 bits per heavy atom. The Morgan fingerprint density at radius 1 is 0.762 bits per heavy atom. The molecule has 0 bridgehead atoms. The minimum Gasteiger partial charge on any atom is -0.306 e. The molecule has 0 aliphatic heterocycles. The Kier molecular flexibility index (Phi) is 8.97. The Morgan fingerprint density at radius 2 is 1.33 bits per heavy atom. The number of anilines is 2. The summed E-state index contributed by atoms with van der Waals surface area (Å²) in [5, 5.41) is 21.2. The van der Waals surface area contributed by atoms with Crippen molar-refractivity contribution in [2.45, 2.75) is 39.0 Å². The predicted octanol–water partition coefficient (Wildman–Crippen LogP) is 4.35. The number of rotatable bonds is 12. The van der Waals surface area contributed by atoms with E-state index in [1.165, 1.54) is 0 Å². The first-order valence-corrected chi connectivity index (χ1v) is 13.5. The number of carbonyl (C=O) groups is 2.